The standard InChI is InChI=1S/C8H20N.Na.H2O.H/c1-5-9(6-2,7-3)8-4;;;/h5-8H2,1-4H3;;1H2;/q+1;;;. The average Bonchev–Trinajstić information content (AvgIpc) is 1.95. The van der Waals surface area contributed by atoms with E-state index in [1.807, 2.05) is 0 Å². The summed E-state index contributed by atoms with van der Waals surface area (Å²) in [7, 11) is 0. The van der Waals surface area contributed by atoms with Crippen molar-refractivity contribution < 1.29 is 9.96 Å². The third-order valence-corrected chi connectivity index (χ3v) is 2.68. The summed E-state index contributed by atoms with van der Waals surface area (Å²) in [6.07, 6.45) is 0. The second kappa shape index (κ2) is 9.01. The molecule has 0 fully saturated rings. The van der Waals surface area contributed by atoms with Crippen LogP contribution in [0, 0.1) is 0 Å². The van der Waals surface area contributed by atoms with Gasteiger partial charge < -0.3 is 9.96 Å². The molecule has 3 heteroatoms. The fraction of sp³-hybridized carbons (Fsp3) is 1.00. The third kappa shape index (κ3) is 5.21. The van der Waals surface area contributed by atoms with Crippen molar-refractivity contribution in [2.45, 2.75) is 27.7 Å². The molecule has 0 saturated carbocycles. The van der Waals surface area contributed by atoms with E-state index in [1.54, 1.807) is 0 Å². The Bertz CT molecular complexity index is 57.0. The first-order chi connectivity index (χ1) is 4.24. The van der Waals surface area contributed by atoms with E-state index in [0.717, 1.165) is 0 Å². The Labute approximate surface area is 93.2 Å². The monoisotopic (exact) mass is 172 g/mol. The summed E-state index contributed by atoms with van der Waals surface area (Å²) in [4.78, 5) is 0. The molecule has 0 atom stereocenters. The van der Waals surface area contributed by atoms with Crippen LogP contribution in [-0.4, -0.2) is 65.7 Å². The van der Waals surface area contributed by atoms with E-state index in [4.69, 9.17) is 0 Å². The maximum atomic E-state index is 2.27. The fourth-order valence-corrected chi connectivity index (χ4v) is 1.34. The molecule has 0 bridgehead atoms. The summed E-state index contributed by atoms with van der Waals surface area (Å²) < 4.78 is 1.28. The second-order valence-corrected chi connectivity index (χ2v) is 2.61. The molecule has 0 aromatic rings. The number of hydrogen-bond acceptors (Lipinski definition) is 0. The molecule has 0 heterocycles. The van der Waals surface area contributed by atoms with Gasteiger partial charge in [-0.3, -0.25) is 0 Å². The minimum absolute atomic E-state index is 0. The van der Waals surface area contributed by atoms with Crippen LogP contribution in [0.5, 0.6) is 0 Å². The Morgan fingerprint density at radius 3 is 0.909 bits per heavy atom. The Morgan fingerprint density at radius 1 is 0.727 bits per heavy atom. The van der Waals surface area contributed by atoms with Gasteiger partial charge in [0.15, 0.2) is 0 Å². The zero-order valence-electron chi connectivity index (χ0n) is 7.78. The van der Waals surface area contributed by atoms with Crippen molar-refractivity contribution in [1.82, 2.24) is 0 Å². The van der Waals surface area contributed by atoms with Crippen molar-refractivity contribution in [3.05, 3.63) is 0 Å². The molecule has 0 aliphatic heterocycles. The van der Waals surface area contributed by atoms with Crippen LogP contribution in [0.25, 0.3) is 0 Å². The summed E-state index contributed by atoms with van der Waals surface area (Å²) in [6, 6.07) is 0. The molecule has 0 amide bonds. The van der Waals surface area contributed by atoms with E-state index in [0.29, 0.717) is 0 Å². The van der Waals surface area contributed by atoms with Crippen molar-refractivity contribution in [3.63, 3.8) is 0 Å². The van der Waals surface area contributed by atoms with Gasteiger partial charge in [-0.1, -0.05) is 0 Å². The fourth-order valence-electron chi connectivity index (χ4n) is 1.34. The van der Waals surface area contributed by atoms with Crippen LogP contribution in [0.15, 0.2) is 0 Å². The molecule has 0 aliphatic carbocycles. The summed E-state index contributed by atoms with van der Waals surface area (Å²) in [5.41, 5.74) is 0. The summed E-state index contributed by atoms with van der Waals surface area (Å²) in [6.45, 7) is 14.2. The SMILES string of the molecule is CC[N+](CC)(CC)CC.O.[NaH]. The molecular weight excluding hydrogens is 149 g/mol. The molecular formula is C8H23NNaO+. The third-order valence-electron chi connectivity index (χ3n) is 2.68. The Hall–Kier alpha value is 0.920. The van der Waals surface area contributed by atoms with E-state index < -0.39 is 0 Å². The molecule has 0 spiro atoms. The molecule has 0 radical (unpaired) electrons. The van der Waals surface area contributed by atoms with Gasteiger partial charge in [0.2, 0.25) is 0 Å². The Balaban J connectivity index is -0.000000320. The van der Waals surface area contributed by atoms with Gasteiger partial charge >= 0.3 is 29.6 Å². The van der Waals surface area contributed by atoms with Crippen molar-refractivity contribution in [2.75, 3.05) is 26.2 Å². The molecule has 0 saturated heterocycles. The molecule has 0 aromatic heterocycles. The zero-order valence-corrected chi connectivity index (χ0v) is 7.78. The first-order valence-electron chi connectivity index (χ1n) is 4.09. The molecule has 2 nitrogen and oxygen atoms in total. The number of quaternary nitrogens is 1. The van der Waals surface area contributed by atoms with Crippen LogP contribution >= 0.6 is 0 Å². The molecule has 0 aromatic carbocycles. The predicted octanol–water partition coefficient (Wildman–Crippen LogP) is 0.410. The number of nitrogens with zero attached hydrogens (tertiary/aromatic N) is 1. The molecule has 0 rings (SSSR count). The van der Waals surface area contributed by atoms with Gasteiger partial charge in [-0.25, -0.2) is 0 Å². The van der Waals surface area contributed by atoms with Crippen LogP contribution in [0.1, 0.15) is 27.7 Å². The first kappa shape index (κ1) is 17.9. The van der Waals surface area contributed by atoms with E-state index in [1.165, 1.54) is 30.7 Å². The van der Waals surface area contributed by atoms with Gasteiger partial charge in [-0.05, 0) is 27.7 Å². The summed E-state index contributed by atoms with van der Waals surface area (Å²) in [5.74, 6) is 0. The van der Waals surface area contributed by atoms with Crippen LogP contribution in [0.2, 0.25) is 0 Å². The molecule has 0 unspecified atom stereocenters. The normalized spacial score (nSPS) is 9.82. The zero-order chi connectivity index (χ0) is 7.33. The first-order valence-corrected chi connectivity index (χ1v) is 4.09. The predicted molar refractivity (Wildman–Crippen MR) is 53.2 cm³/mol. The van der Waals surface area contributed by atoms with Crippen molar-refractivity contribution in [2.24, 2.45) is 0 Å². The Morgan fingerprint density at radius 2 is 0.909 bits per heavy atom. The van der Waals surface area contributed by atoms with E-state index in [2.05, 4.69) is 27.7 Å². The number of hydrogen-bond donors (Lipinski definition) is 0. The summed E-state index contributed by atoms with van der Waals surface area (Å²) >= 11 is 0. The van der Waals surface area contributed by atoms with Crippen molar-refractivity contribution in [1.29, 1.82) is 0 Å². The van der Waals surface area contributed by atoms with Crippen LogP contribution in [0.3, 0.4) is 0 Å². The molecule has 0 aliphatic rings. The van der Waals surface area contributed by atoms with Gasteiger partial charge in [-0.2, -0.15) is 0 Å². The van der Waals surface area contributed by atoms with Crippen LogP contribution < -0.4 is 0 Å². The van der Waals surface area contributed by atoms with Gasteiger partial charge in [0.05, 0.1) is 26.2 Å². The van der Waals surface area contributed by atoms with Crippen LogP contribution in [0.4, 0.5) is 0 Å². The quantitative estimate of drug-likeness (QED) is 0.434. The Kier molecular flexibility index (Phi) is 14.6. The minimum atomic E-state index is 0. The second-order valence-electron chi connectivity index (χ2n) is 2.61. The maximum absolute atomic E-state index is 2.27. The van der Waals surface area contributed by atoms with Gasteiger partial charge in [0, 0.05) is 0 Å². The summed E-state index contributed by atoms with van der Waals surface area (Å²) in [5, 5.41) is 0. The van der Waals surface area contributed by atoms with Gasteiger partial charge in [0.25, 0.3) is 0 Å². The molecule has 11 heavy (non-hydrogen) atoms. The average molecular weight is 172 g/mol. The molecule has 66 valence electrons. The number of rotatable bonds is 4. The van der Waals surface area contributed by atoms with Gasteiger partial charge in [-0.15, -0.1) is 0 Å². The van der Waals surface area contributed by atoms with Gasteiger partial charge in [0.1, 0.15) is 0 Å². The van der Waals surface area contributed by atoms with Crippen molar-refractivity contribution in [3.8, 4) is 0 Å². The van der Waals surface area contributed by atoms with E-state index >= 15 is 0 Å². The van der Waals surface area contributed by atoms with E-state index in [-0.39, 0.29) is 35.0 Å². The van der Waals surface area contributed by atoms with Crippen molar-refractivity contribution >= 4 is 29.6 Å². The van der Waals surface area contributed by atoms with E-state index in [9.17, 15) is 0 Å². The molecule has 2 N–H and O–H groups in total. The topological polar surface area (TPSA) is 31.5 Å². The van der Waals surface area contributed by atoms with Crippen LogP contribution in [-0.2, 0) is 0 Å².